The molecule has 0 radical (unpaired) electrons. The summed E-state index contributed by atoms with van der Waals surface area (Å²) in [5, 5.41) is 2.92. The highest BCUT2D eigenvalue weighted by molar-refractivity contribution is 9.11. The van der Waals surface area contributed by atoms with Gasteiger partial charge in [-0.2, -0.15) is 0 Å². The molecule has 6 heteroatoms. The quantitative estimate of drug-likeness (QED) is 0.877. The molecule has 4 nitrogen and oxygen atoms in total. The van der Waals surface area contributed by atoms with Crippen molar-refractivity contribution in [1.82, 2.24) is 9.88 Å². The van der Waals surface area contributed by atoms with Crippen LogP contribution in [0, 0.1) is 0 Å². The van der Waals surface area contributed by atoms with E-state index in [2.05, 4.69) is 21.2 Å². The zero-order valence-corrected chi connectivity index (χ0v) is 13.0. The third-order valence-electron chi connectivity index (χ3n) is 2.65. The van der Waals surface area contributed by atoms with Gasteiger partial charge in [0.15, 0.2) is 0 Å². The lowest BCUT2D eigenvalue weighted by Gasteiger charge is -2.08. The van der Waals surface area contributed by atoms with Crippen LogP contribution in [0.2, 0.25) is 0 Å². The fraction of sp³-hybridized carbons (Fsp3) is 0.308. The van der Waals surface area contributed by atoms with E-state index >= 15 is 0 Å². The van der Waals surface area contributed by atoms with Crippen molar-refractivity contribution in [3.63, 3.8) is 0 Å². The predicted molar refractivity (Wildman–Crippen MR) is 79.5 cm³/mol. The van der Waals surface area contributed by atoms with E-state index in [1.807, 2.05) is 35.0 Å². The van der Waals surface area contributed by atoms with Crippen LogP contribution in [0.15, 0.2) is 34.2 Å². The van der Waals surface area contributed by atoms with Crippen LogP contribution in [-0.2, 0) is 17.8 Å². The van der Waals surface area contributed by atoms with Crippen LogP contribution in [0.4, 0.5) is 0 Å². The van der Waals surface area contributed by atoms with Crippen LogP contribution in [0.5, 0.6) is 0 Å². The molecule has 0 saturated carbocycles. The summed E-state index contributed by atoms with van der Waals surface area (Å²) in [6, 6.07) is 7.66. The lowest BCUT2D eigenvalue weighted by molar-refractivity contribution is 0.0939. The Kier molecular flexibility index (Phi) is 5.18. The molecule has 2 heterocycles. The number of nitrogens with one attached hydrogen (secondary N) is 1. The van der Waals surface area contributed by atoms with Crippen molar-refractivity contribution in [2.75, 3.05) is 13.7 Å². The van der Waals surface area contributed by atoms with Crippen LogP contribution in [0.3, 0.4) is 0 Å². The van der Waals surface area contributed by atoms with Crippen LogP contribution in [0.1, 0.15) is 15.4 Å². The molecule has 0 atom stereocenters. The number of ether oxygens (including phenoxy) is 1. The average molecular weight is 343 g/mol. The van der Waals surface area contributed by atoms with Crippen molar-refractivity contribution in [1.29, 1.82) is 0 Å². The highest BCUT2D eigenvalue weighted by Gasteiger charge is 2.10. The summed E-state index contributed by atoms with van der Waals surface area (Å²) in [5.74, 6) is -0.0642. The SMILES string of the molecule is COCCn1cccc1C(=O)NCc1ccc(Br)s1. The van der Waals surface area contributed by atoms with Crippen molar-refractivity contribution < 1.29 is 9.53 Å². The number of halogens is 1. The van der Waals surface area contributed by atoms with Gasteiger partial charge in [0.1, 0.15) is 5.69 Å². The Labute approximate surface area is 124 Å². The molecule has 0 fully saturated rings. The maximum atomic E-state index is 12.1. The van der Waals surface area contributed by atoms with E-state index in [0.29, 0.717) is 25.4 Å². The Morgan fingerprint density at radius 1 is 1.47 bits per heavy atom. The van der Waals surface area contributed by atoms with Gasteiger partial charge in [-0.3, -0.25) is 4.79 Å². The Morgan fingerprint density at radius 2 is 2.32 bits per heavy atom. The fourth-order valence-corrected chi connectivity index (χ4v) is 3.13. The molecule has 0 spiro atoms. The number of methoxy groups -OCH3 is 1. The van der Waals surface area contributed by atoms with Crippen molar-refractivity contribution in [2.24, 2.45) is 0 Å². The van der Waals surface area contributed by atoms with Gasteiger partial charge < -0.3 is 14.6 Å². The smallest absolute Gasteiger partial charge is 0.268 e. The number of carbonyl (C=O) groups excluding carboxylic acids is 1. The molecule has 2 aromatic heterocycles. The number of thiophene rings is 1. The molecular weight excluding hydrogens is 328 g/mol. The Balaban J connectivity index is 1.94. The molecule has 0 aliphatic rings. The van der Waals surface area contributed by atoms with Crippen molar-refractivity contribution in [3.8, 4) is 0 Å². The molecule has 0 aromatic carbocycles. The lowest BCUT2D eigenvalue weighted by Crippen LogP contribution is -2.25. The zero-order chi connectivity index (χ0) is 13.7. The molecule has 0 aliphatic carbocycles. The number of amides is 1. The molecule has 0 unspecified atom stereocenters. The van der Waals surface area contributed by atoms with Gasteiger partial charge in [0.2, 0.25) is 0 Å². The molecule has 102 valence electrons. The first-order valence-electron chi connectivity index (χ1n) is 5.87. The monoisotopic (exact) mass is 342 g/mol. The standard InChI is InChI=1S/C13H15BrN2O2S/c1-18-8-7-16-6-2-3-11(16)13(17)15-9-10-4-5-12(14)19-10/h2-6H,7-9H2,1H3,(H,15,17). The van der Waals surface area contributed by atoms with Gasteiger partial charge in [-0.05, 0) is 40.2 Å². The first-order chi connectivity index (χ1) is 9.20. The molecule has 0 saturated heterocycles. The maximum absolute atomic E-state index is 12.1. The Hall–Kier alpha value is -1.11. The fourth-order valence-electron chi connectivity index (χ4n) is 1.71. The summed E-state index contributed by atoms with van der Waals surface area (Å²) < 4.78 is 7.99. The largest absolute Gasteiger partial charge is 0.383 e. The highest BCUT2D eigenvalue weighted by atomic mass is 79.9. The minimum absolute atomic E-state index is 0.0642. The van der Waals surface area contributed by atoms with Crippen LogP contribution < -0.4 is 5.32 Å². The van der Waals surface area contributed by atoms with Crippen LogP contribution >= 0.6 is 27.3 Å². The van der Waals surface area contributed by atoms with Crippen molar-refractivity contribution >= 4 is 33.2 Å². The van der Waals surface area contributed by atoms with Crippen molar-refractivity contribution in [2.45, 2.75) is 13.1 Å². The van der Waals surface area contributed by atoms with Gasteiger partial charge in [-0.1, -0.05) is 0 Å². The zero-order valence-electron chi connectivity index (χ0n) is 10.6. The average Bonchev–Trinajstić information content (AvgIpc) is 3.02. The molecule has 2 aromatic rings. The summed E-state index contributed by atoms with van der Waals surface area (Å²) in [5.41, 5.74) is 0.660. The van der Waals surface area contributed by atoms with E-state index in [9.17, 15) is 4.79 Å². The number of nitrogens with zero attached hydrogens (tertiary/aromatic N) is 1. The molecule has 19 heavy (non-hydrogen) atoms. The van der Waals surface area contributed by atoms with Gasteiger partial charge in [-0.25, -0.2) is 0 Å². The molecular formula is C13H15BrN2O2S. The molecule has 2 rings (SSSR count). The Morgan fingerprint density at radius 3 is 3.00 bits per heavy atom. The van der Waals surface area contributed by atoms with E-state index in [4.69, 9.17) is 4.74 Å². The second kappa shape index (κ2) is 6.88. The van der Waals surface area contributed by atoms with Crippen LogP contribution in [-0.4, -0.2) is 24.2 Å². The normalized spacial score (nSPS) is 10.6. The van der Waals surface area contributed by atoms with Gasteiger partial charge in [0.05, 0.1) is 16.9 Å². The first-order valence-corrected chi connectivity index (χ1v) is 7.48. The van der Waals surface area contributed by atoms with E-state index < -0.39 is 0 Å². The highest BCUT2D eigenvalue weighted by Crippen LogP contribution is 2.21. The second-order valence-electron chi connectivity index (χ2n) is 3.97. The number of hydrogen-bond acceptors (Lipinski definition) is 3. The number of hydrogen-bond donors (Lipinski definition) is 1. The summed E-state index contributed by atoms with van der Waals surface area (Å²) in [6.07, 6.45) is 1.88. The van der Waals surface area contributed by atoms with Gasteiger partial charge >= 0.3 is 0 Å². The van der Waals surface area contributed by atoms with Gasteiger partial charge in [0, 0.05) is 24.7 Å². The third kappa shape index (κ3) is 3.92. The summed E-state index contributed by atoms with van der Waals surface area (Å²) in [6.45, 7) is 1.81. The summed E-state index contributed by atoms with van der Waals surface area (Å²) in [7, 11) is 1.65. The van der Waals surface area contributed by atoms with E-state index in [1.54, 1.807) is 18.4 Å². The molecule has 1 N–H and O–H groups in total. The summed E-state index contributed by atoms with van der Waals surface area (Å²) in [4.78, 5) is 13.2. The Bertz CT molecular complexity index is 550. The van der Waals surface area contributed by atoms with Crippen molar-refractivity contribution in [3.05, 3.63) is 44.8 Å². The number of aromatic nitrogens is 1. The molecule has 0 bridgehead atoms. The maximum Gasteiger partial charge on any atom is 0.268 e. The number of rotatable bonds is 6. The predicted octanol–water partition coefficient (Wildman–Crippen LogP) is 2.89. The third-order valence-corrected chi connectivity index (χ3v) is 4.27. The van der Waals surface area contributed by atoms with Gasteiger partial charge in [0.25, 0.3) is 5.91 Å². The molecule has 0 aliphatic heterocycles. The summed E-state index contributed by atoms with van der Waals surface area (Å²) >= 11 is 5.03. The van der Waals surface area contributed by atoms with Gasteiger partial charge in [-0.15, -0.1) is 11.3 Å². The topological polar surface area (TPSA) is 43.3 Å². The first kappa shape index (κ1) is 14.3. The van der Waals surface area contributed by atoms with E-state index in [-0.39, 0.29) is 5.91 Å². The number of carbonyl (C=O) groups is 1. The van der Waals surface area contributed by atoms with E-state index in [0.717, 1.165) is 8.66 Å². The molecule has 1 amide bonds. The van der Waals surface area contributed by atoms with Crippen LogP contribution in [0.25, 0.3) is 0 Å². The lowest BCUT2D eigenvalue weighted by atomic mass is 10.3. The minimum Gasteiger partial charge on any atom is -0.383 e. The van der Waals surface area contributed by atoms with E-state index in [1.165, 1.54) is 0 Å². The minimum atomic E-state index is -0.0642. The second-order valence-corrected chi connectivity index (χ2v) is 6.52.